The smallest absolute Gasteiger partial charge is 0.333 e. The monoisotopic (exact) mass is 965 g/mol. The number of Topliss-reactive ketones (excluding diaryl/α,β-unsaturated/α-hetero) is 1. The van der Waals surface area contributed by atoms with Crippen LogP contribution in [0.25, 0.3) is 0 Å². The Morgan fingerprint density at radius 2 is 1.24 bits per heavy atom. The summed E-state index contributed by atoms with van der Waals surface area (Å²) >= 11 is 0. The van der Waals surface area contributed by atoms with E-state index in [-0.39, 0.29) is 60.2 Å². The number of ketones is 1. The van der Waals surface area contributed by atoms with E-state index in [0.717, 1.165) is 25.7 Å². The summed E-state index contributed by atoms with van der Waals surface area (Å²) in [5.74, 6) is -0.669. The summed E-state index contributed by atoms with van der Waals surface area (Å²) in [5.41, 5.74) is 0.787. The first-order chi connectivity index (χ1) is 32.5. The average molecular weight is 965 g/mol. The van der Waals surface area contributed by atoms with Crippen LogP contribution < -0.4 is 0 Å². The summed E-state index contributed by atoms with van der Waals surface area (Å²) in [4.78, 5) is 26.0. The lowest BCUT2D eigenvalue weighted by Gasteiger charge is -2.55. The molecule has 3 saturated carbocycles. The van der Waals surface area contributed by atoms with Gasteiger partial charge in [-0.2, -0.15) is 0 Å². The van der Waals surface area contributed by atoms with E-state index in [2.05, 4.69) is 6.08 Å². The van der Waals surface area contributed by atoms with Crippen LogP contribution in [0.5, 0.6) is 0 Å². The fraction of sp³-hybridized carbons (Fsp3) is 0.882. The maximum absolute atomic E-state index is 13.1. The van der Waals surface area contributed by atoms with Gasteiger partial charge in [0.05, 0.1) is 60.5 Å². The largest absolute Gasteiger partial charge is 0.459 e. The predicted molar refractivity (Wildman–Crippen MR) is 242 cm³/mol. The van der Waals surface area contributed by atoms with Crippen LogP contribution in [0.3, 0.4) is 0 Å². The Kier molecular flexibility index (Phi) is 17.0. The van der Waals surface area contributed by atoms with Crippen LogP contribution in [0.2, 0.25) is 0 Å². The van der Waals surface area contributed by atoms with Crippen LogP contribution in [-0.4, -0.2) is 165 Å². The van der Waals surface area contributed by atoms with Crippen molar-refractivity contribution in [3.63, 3.8) is 0 Å². The van der Waals surface area contributed by atoms with Gasteiger partial charge in [0.25, 0.3) is 0 Å². The van der Waals surface area contributed by atoms with E-state index < -0.39 is 104 Å². The summed E-state index contributed by atoms with van der Waals surface area (Å²) in [6.07, 6.45) is 0.826. The number of allylic oxidation sites excluding steroid dienone is 2. The van der Waals surface area contributed by atoms with Crippen molar-refractivity contribution in [2.75, 3.05) is 21.3 Å². The highest BCUT2D eigenvalue weighted by molar-refractivity contribution is 5.88. The summed E-state index contributed by atoms with van der Waals surface area (Å²) < 4.78 is 74.7. The minimum absolute atomic E-state index is 0.00369. The average Bonchev–Trinajstić information content (AvgIpc) is 3.68. The van der Waals surface area contributed by atoms with Gasteiger partial charge >= 0.3 is 5.97 Å². The molecule has 17 nitrogen and oxygen atoms in total. The van der Waals surface area contributed by atoms with Crippen LogP contribution in [0.15, 0.2) is 23.3 Å². The van der Waals surface area contributed by atoms with Gasteiger partial charge in [-0.05, 0) is 111 Å². The molecule has 4 aliphatic carbocycles. The number of fused-ring (bicyclic) bond motifs is 5. The number of hydrogen-bond acceptors (Lipinski definition) is 17. The minimum atomic E-state index is -1.06. The van der Waals surface area contributed by atoms with E-state index in [1.54, 1.807) is 48.2 Å². The lowest BCUT2D eigenvalue weighted by atomic mass is 9.53. The second-order valence-electron chi connectivity index (χ2n) is 21.1. The molecule has 386 valence electrons. The van der Waals surface area contributed by atoms with Gasteiger partial charge in [-0.15, -0.1) is 0 Å². The first-order valence-corrected chi connectivity index (χ1v) is 25.4. The normalized spacial score (nSPS) is 48.7. The maximum Gasteiger partial charge on any atom is 0.333 e. The van der Waals surface area contributed by atoms with Crippen molar-refractivity contribution in [1.29, 1.82) is 0 Å². The number of methoxy groups -OCH3 is 3. The van der Waals surface area contributed by atoms with Crippen molar-refractivity contribution in [3.05, 3.63) is 23.3 Å². The highest BCUT2D eigenvalue weighted by Crippen LogP contribution is 2.60. The number of carbonyl (C=O) groups is 2. The van der Waals surface area contributed by atoms with Gasteiger partial charge in [0.2, 0.25) is 0 Å². The third kappa shape index (κ3) is 10.7. The minimum Gasteiger partial charge on any atom is -0.459 e. The Morgan fingerprint density at radius 1 is 0.691 bits per heavy atom. The SMILES string of the molecule is C/C=C(\C)C(=O)O[C@@H]1C[C@@H]2[C@H]3CC[C@H](O[C@H]4C[C@H](OC)[C@H](O[C@H]5C[C@H](OC)[C@H](O[C@H]6C[C@H](O)[C@H](O[C@H]7C[C@@H](OC)[C@H](O)[C@@H](C)O7)[C@@H](C)O6)[C@@H](C)O5)[C@@H](C)O4)CC3=CC[C@@H]2[C@@]2(O)CC[C@H](C(C)=O)[C@@H]12. The molecule has 0 amide bonds. The topological polar surface area (TPSA) is 206 Å². The first-order valence-electron chi connectivity index (χ1n) is 25.4. The molecule has 0 aromatic carbocycles. The van der Waals surface area contributed by atoms with Crippen molar-refractivity contribution in [2.24, 2.45) is 29.6 Å². The second kappa shape index (κ2) is 22.0. The Balaban J connectivity index is 0.830. The van der Waals surface area contributed by atoms with Gasteiger partial charge in [0, 0.05) is 64.4 Å². The molecule has 0 aromatic rings. The lowest BCUT2D eigenvalue weighted by molar-refractivity contribution is -0.346. The zero-order valence-corrected chi connectivity index (χ0v) is 41.8. The molecule has 3 N–H and O–H groups in total. The van der Waals surface area contributed by atoms with Gasteiger partial charge < -0.3 is 72.2 Å². The van der Waals surface area contributed by atoms with Crippen LogP contribution in [0.4, 0.5) is 0 Å². The van der Waals surface area contributed by atoms with Crippen LogP contribution in [0.1, 0.15) is 119 Å². The number of rotatable bonds is 14. The summed E-state index contributed by atoms with van der Waals surface area (Å²) in [6.45, 7) is 12.6. The van der Waals surface area contributed by atoms with Gasteiger partial charge in [0.15, 0.2) is 25.2 Å². The first kappa shape index (κ1) is 52.4. The highest BCUT2D eigenvalue weighted by Gasteiger charge is 2.64. The summed E-state index contributed by atoms with van der Waals surface area (Å²) in [7, 11) is 4.84. The number of ether oxygens (including phenoxy) is 12. The van der Waals surface area contributed by atoms with Crippen molar-refractivity contribution in [1.82, 2.24) is 0 Å². The maximum atomic E-state index is 13.1. The van der Waals surface area contributed by atoms with Crippen molar-refractivity contribution >= 4 is 11.8 Å². The highest BCUT2D eigenvalue weighted by atomic mass is 16.8. The van der Waals surface area contributed by atoms with Crippen LogP contribution in [-0.2, 0) is 66.4 Å². The molecule has 0 bridgehead atoms. The van der Waals surface area contributed by atoms with E-state index in [1.807, 2.05) is 27.7 Å². The molecule has 7 fully saturated rings. The van der Waals surface area contributed by atoms with Gasteiger partial charge in [-0.1, -0.05) is 17.7 Å². The molecule has 68 heavy (non-hydrogen) atoms. The van der Waals surface area contributed by atoms with Crippen LogP contribution in [0, 0.1) is 29.6 Å². The molecular weight excluding hydrogens is 885 g/mol. The molecule has 17 heteroatoms. The van der Waals surface area contributed by atoms with E-state index in [1.165, 1.54) is 5.57 Å². The molecule has 0 spiro atoms. The molecule has 4 heterocycles. The quantitative estimate of drug-likeness (QED) is 0.121. The number of aliphatic hydroxyl groups is 3. The summed E-state index contributed by atoms with van der Waals surface area (Å²) in [6, 6.07) is 0. The Labute approximate surface area is 402 Å². The van der Waals surface area contributed by atoms with E-state index >= 15 is 0 Å². The third-order valence-electron chi connectivity index (χ3n) is 17.1. The standard InChI is InChI=1S/C51H80O17/c1-11-24(2)50(55)65-37-19-34-33-14-13-31(18-30(33)12-15-35(34)51(56)17-16-32(25(3)52)45(37)51)64-42-22-39(58-9)49(28(6)62-42)68-44-23-40(59-10)48(29(7)63-44)67-41-20-36(53)47(27(5)61-41)66-43-21-38(57-8)46(54)26(4)60-43/h11-12,26-29,31-49,53-54,56H,13-23H2,1-10H3/b24-11+/t26-,27-,28-,29-,31+,32-,33+,34-,35+,36+,37-,38-,39+,40+,41+,42+,43+,44+,45+,46-,47-,48-,49-,51+/m1/s1. The van der Waals surface area contributed by atoms with Gasteiger partial charge in [0.1, 0.15) is 36.3 Å². The lowest BCUT2D eigenvalue weighted by Crippen LogP contribution is -2.59. The predicted octanol–water partition coefficient (Wildman–Crippen LogP) is 4.82. The van der Waals surface area contributed by atoms with Gasteiger partial charge in [-0.25, -0.2) is 4.79 Å². The molecule has 8 aliphatic rings. The van der Waals surface area contributed by atoms with Gasteiger partial charge in [-0.3, -0.25) is 4.79 Å². The number of hydrogen-bond donors (Lipinski definition) is 3. The number of aliphatic hydroxyl groups excluding tert-OH is 2. The third-order valence-corrected chi connectivity index (χ3v) is 17.1. The van der Waals surface area contributed by atoms with Crippen LogP contribution >= 0.6 is 0 Å². The fourth-order valence-corrected chi connectivity index (χ4v) is 13.4. The Hall–Kier alpha value is -1.94. The zero-order chi connectivity index (χ0) is 48.8. The van der Waals surface area contributed by atoms with E-state index in [9.17, 15) is 24.9 Å². The molecule has 4 aliphatic heterocycles. The Morgan fingerprint density at radius 3 is 1.81 bits per heavy atom. The van der Waals surface area contributed by atoms with E-state index in [4.69, 9.17) is 56.8 Å². The molecule has 8 rings (SSSR count). The molecule has 0 unspecified atom stereocenters. The van der Waals surface area contributed by atoms with Crippen molar-refractivity contribution < 1.29 is 81.8 Å². The summed E-state index contributed by atoms with van der Waals surface area (Å²) in [5, 5.41) is 34.1. The second-order valence-corrected chi connectivity index (χ2v) is 21.1. The fourth-order valence-electron chi connectivity index (χ4n) is 13.4. The van der Waals surface area contributed by atoms with Crippen molar-refractivity contribution in [3.8, 4) is 0 Å². The number of carbonyl (C=O) groups excluding carboxylic acids is 2. The molecular formula is C51H80O17. The number of esters is 1. The van der Waals surface area contributed by atoms with E-state index in [0.29, 0.717) is 44.1 Å². The molecule has 24 atom stereocenters. The molecule has 4 saturated heterocycles. The van der Waals surface area contributed by atoms with Crippen molar-refractivity contribution in [2.45, 2.75) is 235 Å². The zero-order valence-electron chi connectivity index (χ0n) is 41.8. The molecule has 0 aromatic heterocycles. The molecule has 0 radical (unpaired) electrons. The Bertz CT molecular complexity index is 1780.